The van der Waals surface area contributed by atoms with Crippen LogP contribution in [0, 0.1) is 11.3 Å². The van der Waals surface area contributed by atoms with Crippen molar-refractivity contribution in [2.45, 2.75) is 26.3 Å². The van der Waals surface area contributed by atoms with Gasteiger partial charge in [0, 0.05) is 12.1 Å². The van der Waals surface area contributed by atoms with Gasteiger partial charge in [0.05, 0.1) is 14.2 Å². The first-order valence-electron chi connectivity index (χ1n) is 7.68. The quantitative estimate of drug-likeness (QED) is 0.829. The summed E-state index contributed by atoms with van der Waals surface area (Å²) in [4.78, 5) is 4.17. The number of rotatable bonds is 7. The van der Waals surface area contributed by atoms with Crippen molar-refractivity contribution in [3.8, 4) is 17.6 Å². The molecule has 0 saturated carbocycles. The minimum atomic E-state index is 0.202. The van der Waals surface area contributed by atoms with E-state index < -0.39 is 0 Å². The van der Waals surface area contributed by atoms with Crippen molar-refractivity contribution in [2.75, 3.05) is 19.5 Å². The van der Waals surface area contributed by atoms with Gasteiger partial charge in [-0.05, 0) is 37.1 Å². The second-order valence-electron chi connectivity index (χ2n) is 5.24. The molecular weight excluding hydrogens is 306 g/mol. The highest BCUT2D eigenvalue weighted by atomic mass is 16.5. The van der Waals surface area contributed by atoms with Gasteiger partial charge in [-0.1, -0.05) is 13.0 Å². The predicted molar refractivity (Wildman–Crippen MR) is 93.1 cm³/mol. The van der Waals surface area contributed by atoms with Crippen LogP contribution in [0.25, 0.3) is 12.2 Å². The van der Waals surface area contributed by atoms with E-state index >= 15 is 0 Å². The van der Waals surface area contributed by atoms with E-state index in [9.17, 15) is 0 Å². The Bertz CT molecular complexity index is 759. The number of anilines is 1. The molecule has 0 aliphatic heterocycles. The summed E-state index contributed by atoms with van der Waals surface area (Å²) < 4.78 is 16.1. The number of benzene rings is 1. The molecule has 0 aliphatic carbocycles. The Morgan fingerprint density at radius 1 is 1.29 bits per heavy atom. The van der Waals surface area contributed by atoms with Gasteiger partial charge in [-0.15, -0.1) is 0 Å². The van der Waals surface area contributed by atoms with Crippen LogP contribution in [0.5, 0.6) is 11.5 Å². The van der Waals surface area contributed by atoms with Crippen LogP contribution in [0.4, 0.5) is 5.88 Å². The fourth-order valence-corrected chi connectivity index (χ4v) is 2.03. The summed E-state index contributed by atoms with van der Waals surface area (Å²) in [6.45, 7) is 4.07. The number of nitriles is 1. The van der Waals surface area contributed by atoms with Crippen molar-refractivity contribution < 1.29 is 13.9 Å². The van der Waals surface area contributed by atoms with Crippen molar-refractivity contribution >= 4 is 18.0 Å². The second-order valence-corrected chi connectivity index (χ2v) is 5.24. The van der Waals surface area contributed by atoms with E-state index in [1.165, 1.54) is 0 Å². The minimum Gasteiger partial charge on any atom is -0.493 e. The molecule has 2 aromatic rings. The van der Waals surface area contributed by atoms with E-state index in [4.69, 9.17) is 19.2 Å². The lowest BCUT2D eigenvalue weighted by Gasteiger charge is -2.08. The van der Waals surface area contributed by atoms with Gasteiger partial charge in [0.2, 0.25) is 17.5 Å². The molecule has 6 heteroatoms. The standard InChI is InChI=1S/C18H21N3O3/c1-5-12(2)20-18-14(11-19)21-17(24-18)9-7-13-6-8-15(22-3)16(10-13)23-4/h6-10,12,20H,5H2,1-4H3. The lowest BCUT2D eigenvalue weighted by molar-refractivity contribution is 0.355. The van der Waals surface area contributed by atoms with E-state index in [1.807, 2.05) is 37.3 Å². The van der Waals surface area contributed by atoms with Crippen LogP contribution in [0.15, 0.2) is 22.6 Å². The van der Waals surface area contributed by atoms with Crippen LogP contribution in [0.1, 0.15) is 37.4 Å². The van der Waals surface area contributed by atoms with Crippen molar-refractivity contribution in [3.05, 3.63) is 35.3 Å². The van der Waals surface area contributed by atoms with Gasteiger partial charge in [0.25, 0.3) is 0 Å². The van der Waals surface area contributed by atoms with Gasteiger partial charge in [-0.3, -0.25) is 0 Å². The van der Waals surface area contributed by atoms with Gasteiger partial charge in [0.1, 0.15) is 6.07 Å². The maximum absolute atomic E-state index is 9.16. The molecule has 0 fully saturated rings. The largest absolute Gasteiger partial charge is 0.493 e. The van der Waals surface area contributed by atoms with E-state index in [0.717, 1.165) is 12.0 Å². The lowest BCUT2D eigenvalue weighted by atomic mass is 10.2. The molecule has 0 spiro atoms. The average molecular weight is 327 g/mol. The number of hydrogen-bond acceptors (Lipinski definition) is 6. The molecule has 1 atom stereocenters. The van der Waals surface area contributed by atoms with E-state index in [-0.39, 0.29) is 11.7 Å². The number of nitrogens with one attached hydrogen (secondary N) is 1. The summed E-state index contributed by atoms with van der Waals surface area (Å²) >= 11 is 0. The topological polar surface area (TPSA) is 80.3 Å². The highest BCUT2D eigenvalue weighted by molar-refractivity contribution is 5.68. The smallest absolute Gasteiger partial charge is 0.232 e. The van der Waals surface area contributed by atoms with Crippen LogP contribution in [-0.2, 0) is 0 Å². The van der Waals surface area contributed by atoms with Gasteiger partial charge in [-0.25, -0.2) is 0 Å². The summed E-state index contributed by atoms with van der Waals surface area (Å²) in [7, 11) is 3.18. The van der Waals surface area contributed by atoms with Gasteiger partial charge in [0.15, 0.2) is 11.5 Å². The van der Waals surface area contributed by atoms with Gasteiger partial charge >= 0.3 is 0 Å². The Morgan fingerprint density at radius 2 is 2.04 bits per heavy atom. The molecule has 0 radical (unpaired) electrons. The molecule has 0 aliphatic rings. The van der Waals surface area contributed by atoms with Crippen LogP contribution < -0.4 is 14.8 Å². The summed E-state index contributed by atoms with van der Waals surface area (Å²) in [5, 5.41) is 12.3. The van der Waals surface area contributed by atoms with Crippen LogP contribution >= 0.6 is 0 Å². The fourth-order valence-electron chi connectivity index (χ4n) is 2.03. The lowest BCUT2D eigenvalue weighted by Crippen LogP contribution is -2.13. The van der Waals surface area contributed by atoms with Gasteiger partial charge < -0.3 is 19.2 Å². The Morgan fingerprint density at radius 3 is 2.67 bits per heavy atom. The number of oxazole rings is 1. The van der Waals surface area contributed by atoms with Gasteiger partial charge in [-0.2, -0.15) is 10.2 Å². The third-order valence-electron chi connectivity index (χ3n) is 3.57. The SMILES string of the molecule is CCC(C)Nc1oc(C=Cc2ccc(OC)c(OC)c2)nc1C#N. The maximum Gasteiger partial charge on any atom is 0.232 e. The van der Waals surface area contributed by atoms with E-state index in [2.05, 4.69) is 17.2 Å². The first-order valence-corrected chi connectivity index (χ1v) is 7.68. The number of aromatic nitrogens is 1. The molecule has 6 nitrogen and oxygen atoms in total. The monoisotopic (exact) mass is 327 g/mol. The maximum atomic E-state index is 9.16. The van der Waals surface area contributed by atoms with Crippen LogP contribution in [-0.4, -0.2) is 25.2 Å². The van der Waals surface area contributed by atoms with Crippen molar-refractivity contribution in [1.29, 1.82) is 5.26 Å². The molecule has 0 saturated heterocycles. The molecule has 24 heavy (non-hydrogen) atoms. The van der Waals surface area contributed by atoms with Crippen LogP contribution in [0.2, 0.25) is 0 Å². The molecule has 0 amide bonds. The Hall–Kier alpha value is -2.94. The molecule has 1 N–H and O–H groups in total. The molecule has 0 bridgehead atoms. The third-order valence-corrected chi connectivity index (χ3v) is 3.57. The average Bonchev–Trinajstić information content (AvgIpc) is 3.01. The zero-order valence-corrected chi connectivity index (χ0v) is 14.3. The van der Waals surface area contributed by atoms with Crippen molar-refractivity contribution in [1.82, 2.24) is 4.98 Å². The van der Waals surface area contributed by atoms with E-state index in [0.29, 0.717) is 23.3 Å². The van der Waals surface area contributed by atoms with Crippen molar-refractivity contribution in [3.63, 3.8) is 0 Å². The summed E-state index contributed by atoms with van der Waals surface area (Å²) in [5.74, 6) is 2.08. The summed E-state index contributed by atoms with van der Waals surface area (Å²) in [6, 6.07) is 7.81. The Kier molecular flexibility index (Phi) is 5.85. The third kappa shape index (κ3) is 4.07. The first-order chi connectivity index (χ1) is 11.6. The molecule has 126 valence electrons. The minimum absolute atomic E-state index is 0.202. The molecule has 1 aromatic carbocycles. The molecule has 1 heterocycles. The number of ether oxygens (including phenoxy) is 2. The predicted octanol–water partition coefficient (Wildman–Crippen LogP) is 3.94. The summed E-state index contributed by atoms with van der Waals surface area (Å²) in [6.07, 6.45) is 4.47. The van der Waals surface area contributed by atoms with Crippen LogP contribution in [0.3, 0.4) is 0 Å². The second kappa shape index (κ2) is 8.06. The van der Waals surface area contributed by atoms with Crippen molar-refractivity contribution in [2.24, 2.45) is 0 Å². The van der Waals surface area contributed by atoms with E-state index in [1.54, 1.807) is 20.3 Å². The summed E-state index contributed by atoms with van der Waals surface area (Å²) in [5.41, 5.74) is 1.16. The number of hydrogen-bond donors (Lipinski definition) is 1. The zero-order chi connectivity index (χ0) is 17.5. The molecule has 1 unspecified atom stereocenters. The number of nitrogens with zero attached hydrogens (tertiary/aromatic N) is 2. The first kappa shape index (κ1) is 17.4. The number of methoxy groups -OCH3 is 2. The normalized spacial score (nSPS) is 12.0. The fraction of sp³-hybridized carbons (Fsp3) is 0.333. The zero-order valence-electron chi connectivity index (χ0n) is 14.3. The highest BCUT2D eigenvalue weighted by Crippen LogP contribution is 2.28. The Labute approximate surface area is 141 Å². The molecular formula is C18H21N3O3. The molecule has 1 aromatic heterocycles. The molecule has 2 rings (SSSR count). The highest BCUT2D eigenvalue weighted by Gasteiger charge is 2.13. The Balaban J connectivity index is 2.21.